The molecule has 0 fully saturated rings. The SMILES string of the molecule is OC(Cc1c(F)ccc(Br)c1F)c1cc(Cl)cc(Br)c1. The third kappa shape index (κ3) is 3.58. The summed E-state index contributed by atoms with van der Waals surface area (Å²) in [7, 11) is 0. The van der Waals surface area contributed by atoms with Crippen LogP contribution in [0, 0.1) is 11.6 Å². The number of halogens is 5. The van der Waals surface area contributed by atoms with Gasteiger partial charge in [-0.25, -0.2) is 8.78 Å². The first-order valence-electron chi connectivity index (χ1n) is 5.65. The van der Waals surface area contributed by atoms with Crippen molar-refractivity contribution >= 4 is 43.5 Å². The maximum absolute atomic E-state index is 13.9. The summed E-state index contributed by atoms with van der Waals surface area (Å²) in [6, 6.07) is 7.33. The maximum Gasteiger partial charge on any atom is 0.143 e. The molecule has 0 spiro atoms. The molecule has 0 aliphatic heterocycles. The van der Waals surface area contributed by atoms with Gasteiger partial charge in [0.15, 0.2) is 0 Å². The molecule has 0 saturated heterocycles. The number of aliphatic hydroxyl groups is 1. The minimum absolute atomic E-state index is 0.161. The molecule has 0 aromatic heterocycles. The molecule has 6 heteroatoms. The summed E-state index contributed by atoms with van der Waals surface area (Å²) in [4.78, 5) is 0. The first-order chi connectivity index (χ1) is 9.38. The maximum atomic E-state index is 13.9. The third-order valence-corrected chi connectivity index (χ3v) is 4.09. The van der Waals surface area contributed by atoms with E-state index in [0.29, 0.717) is 15.1 Å². The van der Waals surface area contributed by atoms with Crippen LogP contribution in [0.25, 0.3) is 0 Å². The van der Waals surface area contributed by atoms with Crippen molar-refractivity contribution in [2.24, 2.45) is 0 Å². The number of rotatable bonds is 3. The molecule has 106 valence electrons. The monoisotopic (exact) mass is 424 g/mol. The minimum atomic E-state index is -1.05. The lowest BCUT2D eigenvalue weighted by Gasteiger charge is -2.14. The van der Waals surface area contributed by atoms with Crippen LogP contribution in [0.3, 0.4) is 0 Å². The van der Waals surface area contributed by atoms with Gasteiger partial charge >= 0.3 is 0 Å². The van der Waals surface area contributed by atoms with E-state index in [1.807, 2.05) is 0 Å². The van der Waals surface area contributed by atoms with Gasteiger partial charge in [0.2, 0.25) is 0 Å². The topological polar surface area (TPSA) is 20.2 Å². The largest absolute Gasteiger partial charge is 0.388 e. The quantitative estimate of drug-likeness (QED) is 0.650. The molecule has 2 aromatic carbocycles. The van der Waals surface area contributed by atoms with Crippen LogP contribution in [0.1, 0.15) is 17.2 Å². The van der Waals surface area contributed by atoms with Gasteiger partial charge in [0, 0.05) is 21.5 Å². The molecular weight excluding hydrogens is 417 g/mol. The van der Waals surface area contributed by atoms with Crippen molar-refractivity contribution in [2.45, 2.75) is 12.5 Å². The van der Waals surface area contributed by atoms with E-state index in [-0.39, 0.29) is 16.5 Å². The van der Waals surface area contributed by atoms with Gasteiger partial charge in [-0.3, -0.25) is 0 Å². The lowest BCUT2D eigenvalue weighted by Crippen LogP contribution is -2.06. The Morgan fingerprint density at radius 2 is 1.85 bits per heavy atom. The summed E-state index contributed by atoms with van der Waals surface area (Å²) in [5.74, 6) is -1.39. The molecule has 2 aromatic rings. The molecule has 0 radical (unpaired) electrons. The average Bonchev–Trinajstić information content (AvgIpc) is 2.38. The van der Waals surface area contributed by atoms with Gasteiger partial charge < -0.3 is 5.11 Å². The van der Waals surface area contributed by atoms with E-state index in [0.717, 1.165) is 6.07 Å². The number of aliphatic hydroxyl groups excluding tert-OH is 1. The van der Waals surface area contributed by atoms with E-state index < -0.39 is 17.7 Å². The first kappa shape index (κ1) is 15.9. The number of benzene rings is 2. The van der Waals surface area contributed by atoms with Gasteiger partial charge in [-0.2, -0.15) is 0 Å². The van der Waals surface area contributed by atoms with Crippen LogP contribution in [-0.4, -0.2) is 5.11 Å². The van der Waals surface area contributed by atoms with Crippen LogP contribution in [0.15, 0.2) is 39.3 Å². The summed E-state index contributed by atoms with van der Waals surface area (Å²) < 4.78 is 28.4. The van der Waals surface area contributed by atoms with Crippen LogP contribution >= 0.6 is 43.5 Å². The Morgan fingerprint density at radius 1 is 1.15 bits per heavy atom. The van der Waals surface area contributed by atoms with Gasteiger partial charge in [-0.15, -0.1) is 0 Å². The summed E-state index contributed by atoms with van der Waals surface area (Å²) in [5, 5.41) is 10.6. The Labute approximate surface area is 136 Å². The fourth-order valence-corrected chi connectivity index (χ4v) is 3.09. The van der Waals surface area contributed by atoms with Crippen LogP contribution in [0.4, 0.5) is 8.78 Å². The van der Waals surface area contributed by atoms with Crippen molar-refractivity contribution in [1.29, 1.82) is 0 Å². The molecule has 2 rings (SSSR count). The molecular formula is C14H9Br2ClF2O. The molecule has 1 atom stereocenters. The second kappa shape index (κ2) is 6.52. The zero-order valence-electron chi connectivity index (χ0n) is 10.0. The van der Waals surface area contributed by atoms with Crippen molar-refractivity contribution in [3.8, 4) is 0 Å². The van der Waals surface area contributed by atoms with Gasteiger partial charge in [-0.05, 0) is 51.8 Å². The van der Waals surface area contributed by atoms with Crippen molar-refractivity contribution in [1.82, 2.24) is 0 Å². The molecule has 0 saturated carbocycles. The highest BCUT2D eigenvalue weighted by atomic mass is 79.9. The summed E-state index contributed by atoms with van der Waals surface area (Å²) in [6.45, 7) is 0. The molecule has 0 bridgehead atoms. The van der Waals surface area contributed by atoms with Crippen LogP contribution in [0.2, 0.25) is 5.02 Å². The Kier molecular flexibility index (Phi) is 5.18. The smallest absolute Gasteiger partial charge is 0.143 e. The van der Waals surface area contributed by atoms with Crippen LogP contribution in [-0.2, 0) is 6.42 Å². The van der Waals surface area contributed by atoms with E-state index in [1.165, 1.54) is 6.07 Å². The van der Waals surface area contributed by atoms with Crippen molar-refractivity contribution in [3.05, 3.63) is 67.1 Å². The summed E-state index contributed by atoms with van der Waals surface area (Å²) >= 11 is 12.1. The third-order valence-electron chi connectivity index (χ3n) is 2.81. The Bertz CT molecular complexity index is 629. The lowest BCUT2D eigenvalue weighted by molar-refractivity contribution is 0.175. The highest BCUT2D eigenvalue weighted by Gasteiger charge is 2.18. The zero-order valence-corrected chi connectivity index (χ0v) is 13.9. The highest BCUT2D eigenvalue weighted by molar-refractivity contribution is 9.10. The Morgan fingerprint density at radius 3 is 2.50 bits per heavy atom. The molecule has 20 heavy (non-hydrogen) atoms. The molecule has 0 heterocycles. The Balaban J connectivity index is 2.32. The van der Waals surface area contributed by atoms with E-state index in [1.54, 1.807) is 18.2 Å². The minimum Gasteiger partial charge on any atom is -0.388 e. The average molecular weight is 426 g/mol. The molecule has 0 amide bonds. The summed E-state index contributed by atoms with van der Waals surface area (Å²) in [5.41, 5.74) is 0.325. The van der Waals surface area contributed by atoms with Crippen molar-refractivity contribution in [3.63, 3.8) is 0 Å². The van der Waals surface area contributed by atoms with E-state index in [4.69, 9.17) is 11.6 Å². The van der Waals surface area contributed by atoms with Gasteiger partial charge in [0.1, 0.15) is 11.6 Å². The Hall–Kier alpha value is -0.490. The molecule has 1 N–H and O–H groups in total. The second-order valence-corrected chi connectivity index (χ2v) is 6.45. The highest BCUT2D eigenvalue weighted by Crippen LogP contribution is 2.29. The second-order valence-electron chi connectivity index (χ2n) is 4.24. The lowest BCUT2D eigenvalue weighted by atomic mass is 10.0. The van der Waals surface area contributed by atoms with Crippen molar-refractivity contribution < 1.29 is 13.9 Å². The normalized spacial score (nSPS) is 12.5. The zero-order chi connectivity index (χ0) is 14.9. The predicted octanol–water partition coefficient (Wildman–Crippen LogP) is 5.42. The molecule has 0 aliphatic carbocycles. The van der Waals surface area contributed by atoms with Crippen LogP contribution in [0.5, 0.6) is 0 Å². The molecule has 1 unspecified atom stereocenters. The fraction of sp³-hybridized carbons (Fsp3) is 0.143. The van der Waals surface area contributed by atoms with Gasteiger partial charge in [-0.1, -0.05) is 27.5 Å². The predicted molar refractivity (Wildman–Crippen MR) is 81.9 cm³/mol. The van der Waals surface area contributed by atoms with Crippen molar-refractivity contribution in [2.75, 3.05) is 0 Å². The van der Waals surface area contributed by atoms with E-state index in [2.05, 4.69) is 31.9 Å². The standard InChI is InChI=1S/C14H9Br2ClF2O/c15-8-3-7(4-9(17)5-8)13(20)6-10-12(18)2-1-11(16)14(10)19/h1-5,13,20H,6H2. The number of hydrogen-bond donors (Lipinski definition) is 1. The van der Waals surface area contributed by atoms with Crippen LogP contribution < -0.4 is 0 Å². The molecule has 1 nitrogen and oxygen atoms in total. The number of hydrogen-bond acceptors (Lipinski definition) is 1. The fourth-order valence-electron chi connectivity index (χ4n) is 1.83. The van der Waals surface area contributed by atoms with E-state index in [9.17, 15) is 13.9 Å². The van der Waals surface area contributed by atoms with Gasteiger partial charge in [0.05, 0.1) is 10.6 Å². The first-order valence-corrected chi connectivity index (χ1v) is 7.61. The van der Waals surface area contributed by atoms with E-state index >= 15 is 0 Å². The van der Waals surface area contributed by atoms with Gasteiger partial charge in [0.25, 0.3) is 0 Å². The summed E-state index contributed by atoms with van der Waals surface area (Å²) in [6.07, 6.45) is -1.23. The molecule has 0 aliphatic rings.